The Labute approximate surface area is 154 Å². The van der Waals surface area contributed by atoms with Gasteiger partial charge in [0.15, 0.2) is 0 Å². The Morgan fingerprint density at radius 2 is 2.00 bits per heavy atom. The first-order valence-corrected chi connectivity index (χ1v) is 9.65. The third-order valence-corrected chi connectivity index (χ3v) is 7.76. The van der Waals surface area contributed by atoms with Crippen LogP contribution in [0, 0.1) is 28.6 Å². The van der Waals surface area contributed by atoms with Crippen LogP contribution in [-0.2, 0) is 22.4 Å². The molecule has 2 N–H and O–H groups in total. The van der Waals surface area contributed by atoms with Gasteiger partial charge in [-0.15, -0.1) is 0 Å². The van der Waals surface area contributed by atoms with Gasteiger partial charge in [0, 0.05) is 22.9 Å². The van der Waals surface area contributed by atoms with Crippen LogP contribution in [0.4, 0.5) is 0 Å². The number of H-pyrrole nitrogens is 1. The second-order valence-corrected chi connectivity index (χ2v) is 9.26. The summed E-state index contributed by atoms with van der Waals surface area (Å²) in [6.07, 6.45) is 7.41. The molecule has 0 radical (unpaired) electrons. The van der Waals surface area contributed by atoms with Crippen molar-refractivity contribution in [2.45, 2.75) is 59.0 Å². The topological polar surface area (TPSA) is 83.0 Å². The molecule has 0 unspecified atom stereocenters. The average molecular weight is 356 g/mol. The lowest BCUT2D eigenvalue weighted by atomic mass is 9.54. The number of nitrogens with zero attached hydrogens (tertiary/aromatic N) is 1. The predicted octanol–water partition coefficient (Wildman–Crippen LogP) is 2.64. The van der Waals surface area contributed by atoms with E-state index >= 15 is 0 Å². The molecule has 0 aliphatic heterocycles. The van der Waals surface area contributed by atoms with Crippen LogP contribution in [0.25, 0.3) is 0 Å². The maximum absolute atomic E-state index is 12.2. The molecule has 140 valence electrons. The zero-order chi connectivity index (χ0) is 18.7. The van der Waals surface area contributed by atoms with Crippen LogP contribution >= 0.6 is 0 Å². The highest BCUT2D eigenvalue weighted by Gasteiger charge is 2.53. The number of carbonyl (C=O) groups is 2. The number of carbonyl (C=O) groups excluding carboxylic acids is 2. The first kappa shape index (κ1) is 17.7. The molecule has 3 aliphatic rings. The molecular weight excluding hydrogens is 328 g/mol. The molecule has 0 bridgehead atoms. The summed E-state index contributed by atoms with van der Waals surface area (Å²) in [7, 11) is 0. The van der Waals surface area contributed by atoms with Crippen molar-refractivity contribution < 1.29 is 14.7 Å². The number of hydrogen-bond donors (Lipinski definition) is 2. The molecule has 0 saturated heterocycles. The van der Waals surface area contributed by atoms with E-state index in [2.05, 4.69) is 31.0 Å². The van der Waals surface area contributed by atoms with E-state index in [1.165, 1.54) is 11.1 Å². The summed E-state index contributed by atoms with van der Waals surface area (Å²) < 4.78 is 0. The summed E-state index contributed by atoms with van der Waals surface area (Å²) in [5.74, 6) is -0.196. The summed E-state index contributed by atoms with van der Waals surface area (Å²) >= 11 is 0. The maximum atomic E-state index is 12.2. The molecule has 1 aromatic heterocycles. The van der Waals surface area contributed by atoms with Gasteiger partial charge in [-0.05, 0) is 49.0 Å². The second-order valence-electron chi connectivity index (χ2n) is 9.26. The Kier molecular flexibility index (Phi) is 3.99. The van der Waals surface area contributed by atoms with E-state index in [0.29, 0.717) is 12.8 Å². The van der Waals surface area contributed by atoms with Crippen molar-refractivity contribution >= 4 is 12.6 Å². The maximum Gasteiger partial charge on any atom is 0.127 e. The molecule has 3 aliphatic carbocycles. The number of fused-ring (bicyclic) bond motifs is 1. The van der Waals surface area contributed by atoms with Gasteiger partial charge in [0.1, 0.15) is 12.6 Å². The van der Waals surface area contributed by atoms with Crippen LogP contribution in [0.15, 0.2) is 17.3 Å². The van der Waals surface area contributed by atoms with E-state index in [1.54, 1.807) is 0 Å². The third kappa shape index (κ3) is 2.29. The van der Waals surface area contributed by atoms with Crippen LogP contribution in [0.5, 0.6) is 0 Å². The molecule has 0 spiro atoms. The van der Waals surface area contributed by atoms with E-state index in [0.717, 1.165) is 43.1 Å². The van der Waals surface area contributed by atoms with Crippen LogP contribution < -0.4 is 0 Å². The quantitative estimate of drug-likeness (QED) is 0.644. The number of aromatic amines is 1. The molecule has 5 atom stereocenters. The minimum Gasteiger partial charge on any atom is -0.392 e. The molecule has 26 heavy (non-hydrogen) atoms. The van der Waals surface area contributed by atoms with Crippen LogP contribution in [0.1, 0.15) is 51.3 Å². The van der Waals surface area contributed by atoms with Crippen LogP contribution in [-0.4, -0.2) is 34.0 Å². The zero-order valence-electron chi connectivity index (χ0n) is 15.8. The molecule has 4 rings (SSSR count). The molecule has 1 heterocycles. The number of hydrogen-bond acceptors (Lipinski definition) is 4. The van der Waals surface area contributed by atoms with E-state index in [4.69, 9.17) is 0 Å². The number of nitrogens with one attached hydrogen (secondary N) is 1. The van der Waals surface area contributed by atoms with Gasteiger partial charge < -0.3 is 14.7 Å². The van der Waals surface area contributed by atoms with E-state index in [-0.39, 0.29) is 28.6 Å². The summed E-state index contributed by atoms with van der Waals surface area (Å²) in [5.41, 5.74) is 4.11. The third-order valence-electron chi connectivity index (χ3n) is 7.76. The van der Waals surface area contributed by atoms with Crippen molar-refractivity contribution in [1.29, 1.82) is 0 Å². The minimum atomic E-state index is -0.421. The Morgan fingerprint density at radius 1 is 1.23 bits per heavy atom. The number of aldehydes is 2. The standard InChI is InChI=1S/C21H28N2O3/c1-20(2)16-4-5-17(15(11-25)14(16)7-19(20)26)21(3)8-12-9-22-23-18(12)6-13(21)10-24/h9-11,13,15,17,19,26H,4-8H2,1-3H3,(H,22,23)/t13-,15+,17+,19-,21+/m1/s1. The van der Waals surface area contributed by atoms with Gasteiger partial charge in [-0.3, -0.25) is 5.10 Å². The van der Waals surface area contributed by atoms with Crippen molar-refractivity contribution in [3.05, 3.63) is 28.6 Å². The summed E-state index contributed by atoms with van der Waals surface area (Å²) in [6.45, 7) is 6.33. The van der Waals surface area contributed by atoms with Gasteiger partial charge in [0.2, 0.25) is 0 Å². The first-order valence-electron chi connectivity index (χ1n) is 9.65. The molecule has 5 nitrogen and oxygen atoms in total. The first-order chi connectivity index (χ1) is 12.3. The fourth-order valence-electron chi connectivity index (χ4n) is 5.93. The molecule has 0 fully saturated rings. The molecule has 0 amide bonds. The van der Waals surface area contributed by atoms with E-state index in [9.17, 15) is 14.7 Å². The van der Waals surface area contributed by atoms with Crippen molar-refractivity contribution in [3.63, 3.8) is 0 Å². The largest absolute Gasteiger partial charge is 0.392 e. The lowest BCUT2D eigenvalue weighted by Gasteiger charge is -2.49. The minimum absolute atomic E-state index is 0.121. The fourth-order valence-corrected chi connectivity index (χ4v) is 5.93. The Hall–Kier alpha value is -1.75. The monoisotopic (exact) mass is 356 g/mol. The van der Waals surface area contributed by atoms with Crippen molar-refractivity contribution in [3.8, 4) is 0 Å². The van der Waals surface area contributed by atoms with Crippen LogP contribution in [0.2, 0.25) is 0 Å². The molecule has 0 aromatic carbocycles. The van der Waals surface area contributed by atoms with Crippen molar-refractivity contribution in [2.75, 3.05) is 0 Å². The molecule has 0 saturated carbocycles. The Balaban J connectivity index is 1.74. The predicted molar refractivity (Wildman–Crippen MR) is 97.4 cm³/mol. The normalized spacial score (nSPS) is 38.6. The highest BCUT2D eigenvalue weighted by Crippen LogP contribution is 2.57. The SMILES string of the molecule is CC1(C)C2=C(C[C@H]1O)[C@H](C=O)[C@@H]([C@@]1(C)Cc3cn[nH]c3C[C@@H]1C=O)CC2. The fraction of sp³-hybridized carbons (Fsp3) is 0.667. The lowest BCUT2D eigenvalue weighted by molar-refractivity contribution is -0.121. The molecule has 5 heteroatoms. The Bertz CT molecular complexity index is 778. The van der Waals surface area contributed by atoms with Gasteiger partial charge in [-0.25, -0.2) is 0 Å². The van der Waals surface area contributed by atoms with E-state index < -0.39 is 6.10 Å². The van der Waals surface area contributed by atoms with Gasteiger partial charge >= 0.3 is 0 Å². The van der Waals surface area contributed by atoms with Gasteiger partial charge in [0.25, 0.3) is 0 Å². The number of aliphatic hydroxyl groups excluding tert-OH is 1. The second kappa shape index (κ2) is 5.88. The number of rotatable bonds is 3. The molecular formula is C21H28N2O3. The van der Waals surface area contributed by atoms with E-state index in [1.807, 2.05) is 6.20 Å². The van der Waals surface area contributed by atoms with Gasteiger partial charge in [-0.2, -0.15) is 5.10 Å². The highest BCUT2D eigenvalue weighted by atomic mass is 16.3. The highest BCUT2D eigenvalue weighted by molar-refractivity contribution is 5.64. The smallest absolute Gasteiger partial charge is 0.127 e. The lowest BCUT2D eigenvalue weighted by Crippen LogP contribution is -2.47. The summed E-state index contributed by atoms with van der Waals surface area (Å²) in [6, 6.07) is 0. The summed E-state index contributed by atoms with van der Waals surface area (Å²) in [5, 5.41) is 17.7. The van der Waals surface area contributed by atoms with Crippen molar-refractivity contribution in [2.24, 2.45) is 28.6 Å². The average Bonchev–Trinajstić information content (AvgIpc) is 3.15. The zero-order valence-corrected chi connectivity index (χ0v) is 15.8. The van der Waals surface area contributed by atoms with Crippen LogP contribution in [0.3, 0.4) is 0 Å². The Morgan fingerprint density at radius 3 is 2.69 bits per heavy atom. The summed E-state index contributed by atoms with van der Waals surface area (Å²) in [4.78, 5) is 24.1. The van der Waals surface area contributed by atoms with Gasteiger partial charge in [-0.1, -0.05) is 31.9 Å². The molecule has 1 aromatic rings. The number of aliphatic hydroxyl groups is 1. The van der Waals surface area contributed by atoms with Crippen molar-refractivity contribution in [1.82, 2.24) is 10.2 Å². The van der Waals surface area contributed by atoms with Gasteiger partial charge in [0.05, 0.1) is 12.3 Å². The number of aromatic nitrogens is 2.